The molecule has 0 amide bonds. The Morgan fingerprint density at radius 3 is 2.85 bits per heavy atom. The number of anilines is 1. The van der Waals surface area contributed by atoms with E-state index in [4.69, 9.17) is 9.84 Å². The maximum Gasteiger partial charge on any atom is 0.341 e. The van der Waals surface area contributed by atoms with Gasteiger partial charge < -0.3 is 14.7 Å². The van der Waals surface area contributed by atoms with Gasteiger partial charge >= 0.3 is 5.97 Å². The molecule has 0 saturated carbocycles. The molecule has 1 aromatic rings. The Kier molecular flexibility index (Phi) is 6.64. The van der Waals surface area contributed by atoms with Crippen LogP contribution in [0, 0.1) is 0 Å². The van der Waals surface area contributed by atoms with Crippen LogP contribution in [0.3, 0.4) is 0 Å². The van der Waals surface area contributed by atoms with Crippen molar-refractivity contribution < 1.29 is 14.6 Å². The zero-order valence-corrected chi connectivity index (χ0v) is 12.3. The lowest BCUT2D eigenvalue weighted by Gasteiger charge is -2.27. The second-order valence-corrected chi connectivity index (χ2v) is 4.69. The summed E-state index contributed by atoms with van der Waals surface area (Å²) >= 11 is 0. The van der Waals surface area contributed by atoms with E-state index in [-0.39, 0.29) is 6.61 Å². The van der Waals surface area contributed by atoms with Crippen molar-refractivity contribution >= 4 is 11.7 Å². The third kappa shape index (κ3) is 4.96. The van der Waals surface area contributed by atoms with E-state index in [1.807, 2.05) is 24.3 Å². The SMILES string of the molecule is C=CCC.CN1CCCc2cc(OCC(=O)O)ccc21. The first-order chi connectivity index (χ1) is 9.58. The number of carboxylic acids is 1. The highest BCUT2D eigenvalue weighted by Crippen LogP contribution is 2.29. The maximum atomic E-state index is 10.4. The summed E-state index contributed by atoms with van der Waals surface area (Å²) in [6, 6.07) is 5.75. The van der Waals surface area contributed by atoms with Crippen LogP contribution in [0.15, 0.2) is 30.9 Å². The first-order valence-corrected chi connectivity index (χ1v) is 6.88. The van der Waals surface area contributed by atoms with Crippen LogP contribution in [0.5, 0.6) is 5.75 Å². The van der Waals surface area contributed by atoms with Crippen molar-refractivity contribution in [1.82, 2.24) is 0 Å². The summed E-state index contributed by atoms with van der Waals surface area (Å²) in [4.78, 5) is 12.6. The summed E-state index contributed by atoms with van der Waals surface area (Å²) in [6.07, 6.45) is 5.12. The van der Waals surface area contributed by atoms with Gasteiger partial charge in [0.15, 0.2) is 6.61 Å². The van der Waals surface area contributed by atoms with E-state index in [1.54, 1.807) is 0 Å². The molecule has 2 rings (SSSR count). The molecule has 1 aliphatic heterocycles. The van der Waals surface area contributed by atoms with Gasteiger partial charge in [-0.25, -0.2) is 4.79 Å². The molecule has 0 fully saturated rings. The molecule has 20 heavy (non-hydrogen) atoms. The Labute approximate surface area is 120 Å². The molecular formula is C16H23NO3. The summed E-state index contributed by atoms with van der Waals surface area (Å²) in [5.74, 6) is -0.314. The third-order valence-electron chi connectivity index (χ3n) is 3.05. The molecular weight excluding hydrogens is 254 g/mol. The van der Waals surface area contributed by atoms with Crippen LogP contribution in [-0.2, 0) is 11.2 Å². The number of rotatable bonds is 4. The van der Waals surface area contributed by atoms with E-state index in [0.717, 1.165) is 25.8 Å². The second-order valence-electron chi connectivity index (χ2n) is 4.69. The second kappa shape index (κ2) is 8.25. The highest BCUT2D eigenvalue weighted by Gasteiger charge is 2.14. The molecule has 0 unspecified atom stereocenters. The minimum atomic E-state index is -0.949. The minimum absolute atomic E-state index is 0.283. The number of carbonyl (C=O) groups is 1. The van der Waals surface area contributed by atoms with Crippen molar-refractivity contribution in [3.05, 3.63) is 36.4 Å². The van der Waals surface area contributed by atoms with Gasteiger partial charge in [0.1, 0.15) is 5.75 Å². The lowest BCUT2D eigenvalue weighted by molar-refractivity contribution is -0.139. The number of fused-ring (bicyclic) bond motifs is 1. The van der Waals surface area contributed by atoms with Crippen LogP contribution in [0.1, 0.15) is 25.3 Å². The smallest absolute Gasteiger partial charge is 0.341 e. The van der Waals surface area contributed by atoms with Crippen molar-refractivity contribution in [3.8, 4) is 5.75 Å². The largest absolute Gasteiger partial charge is 0.482 e. The Morgan fingerprint density at radius 2 is 2.25 bits per heavy atom. The molecule has 0 radical (unpaired) electrons. The van der Waals surface area contributed by atoms with Crippen molar-refractivity contribution in [2.75, 3.05) is 25.1 Å². The highest BCUT2D eigenvalue weighted by molar-refractivity contribution is 5.68. The summed E-state index contributed by atoms with van der Waals surface area (Å²) in [5, 5.41) is 8.52. The van der Waals surface area contributed by atoms with Crippen molar-refractivity contribution in [3.63, 3.8) is 0 Å². The summed E-state index contributed by atoms with van der Waals surface area (Å²) < 4.78 is 5.15. The van der Waals surface area contributed by atoms with Gasteiger partial charge in [0.05, 0.1) is 0 Å². The van der Waals surface area contributed by atoms with Gasteiger partial charge in [-0.05, 0) is 43.0 Å². The lowest BCUT2D eigenvalue weighted by atomic mass is 10.0. The molecule has 110 valence electrons. The summed E-state index contributed by atoms with van der Waals surface area (Å²) in [7, 11) is 2.07. The Bertz CT molecular complexity index is 457. The average Bonchev–Trinajstić information content (AvgIpc) is 2.45. The fourth-order valence-electron chi connectivity index (χ4n) is 2.00. The first kappa shape index (κ1) is 16.1. The quantitative estimate of drug-likeness (QED) is 0.859. The fourth-order valence-corrected chi connectivity index (χ4v) is 2.00. The molecule has 0 aromatic heterocycles. The van der Waals surface area contributed by atoms with Gasteiger partial charge in [0, 0.05) is 19.3 Å². The van der Waals surface area contributed by atoms with E-state index in [2.05, 4.69) is 25.5 Å². The predicted octanol–water partition coefficient (Wildman–Crippen LogP) is 3.11. The molecule has 1 N–H and O–H groups in total. The molecule has 1 heterocycles. The number of nitrogens with zero attached hydrogens (tertiary/aromatic N) is 1. The third-order valence-corrected chi connectivity index (χ3v) is 3.05. The van der Waals surface area contributed by atoms with Crippen LogP contribution < -0.4 is 9.64 Å². The number of ether oxygens (including phenoxy) is 1. The molecule has 4 heteroatoms. The highest BCUT2D eigenvalue weighted by atomic mass is 16.5. The van der Waals surface area contributed by atoms with Crippen LogP contribution in [0.2, 0.25) is 0 Å². The van der Waals surface area contributed by atoms with Crippen molar-refractivity contribution in [1.29, 1.82) is 0 Å². The number of allylic oxidation sites excluding steroid dienone is 1. The number of benzene rings is 1. The van der Waals surface area contributed by atoms with Gasteiger partial charge in [-0.15, -0.1) is 6.58 Å². The predicted molar refractivity (Wildman–Crippen MR) is 81.7 cm³/mol. The van der Waals surface area contributed by atoms with E-state index in [0.29, 0.717) is 5.75 Å². The van der Waals surface area contributed by atoms with E-state index in [9.17, 15) is 4.79 Å². The molecule has 0 spiro atoms. The maximum absolute atomic E-state index is 10.4. The molecule has 0 atom stereocenters. The number of hydrogen-bond donors (Lipinski definition) is 1. The van der Waals surface area contributed by atoms with Gasteiger partial charge in [-0.2, -0.15) is 0 Å². The molecule has 0 saturated heterocycles. The van der Waals surface area contributed by atoms with Crippen LogP contribution in [0.25, 0.3) is 0 Å². The fraction of sp³-hybridized carbons (Fsp3) is 0.438. The van der Waals surface area contributed by atoms with E-state index in [1.165, 1.54) is 11.3 Å². The Morgan fingerprint density at radius 1 is 1.55 bits per heavy atom. The molecule has 4 nitrogen and oxygen atoms in total. The summed E-state index contributed by atoms with van der Waals surface area (Å²) in [5.41, 5.74) is 2.45. The lowest BCUT2D eigenvalue weighted by Crippen LogP contribution is -2.24. The molecule has 0 bridgehead atoms. The number of carboxylic acid groups (broad SMARTS) is 1. The van der Waals surface area contributed by atoms with Crippen LogP contribution in [0.4, 0.5) is 5.69 Å². The minimum Gasteiger partial charge on any atom is -0.482 e. The Hall–Kier alpha value is -1.97. The van der Waals surface area contributed by atoms with E-state index >= 15 is 0 Å². The average molecular weight is 277 g/mol. The zero-order valence-electron chi connectivity index (χ0n) is 12.3. The summed E-state index contributed by atoms with van der Waals surface area (Å²) in [6.45, 7) is 6.33. The van der Waals surface area contributed by atoms with Crippen LogP contribution in [-0.4, -0.2) is 31.3 Å². The number of hydrogen-bond acceptors (Lipinski definition) is 3. The molecule has 1 aliphatic rings. The zero-order chi connectivity index (χ0) is 15.0. The standard InChI is InChI=1S/C12H15NO3.C4H8/c1-13-6-2-3-9-7-10(4-5-11(9)13)16-8-12(14)15;1-3-4-2/h4-5,7H,2-3,6,8H2,1H3,(H,14,15);3H,1,4H2,2H3. The Balaban J connectivity index is 0.000000444. The molecule has 0 aliphatic carbocycles. The topological polar surface area (TPSA) is 49.8 Å². The van der Waals surface area contributed by atoms with Gasteiger partial charge in [-0.1, -0.05) is 13.0 Å². The van der Waals surface area contributed by atoms with Crippen molar-refractivity contribution in [2.45, 2.75) is 26.2 Å². The number of aryl methyl sites for hydroxylation is 1. The van der Waals surface area contributed by atoms with E-state index < -0.39 is 5.97 Å². The van der Waals surface area contributed by atoms with Gasteiger partial charge in [0.25, 0.3) is 0 Å². The van der Waals surface area contributed by atoms with Crippen molar-refractivity contribution in [2.24, 2.45) is 0 Å². The normalized spacial score (nSPS) is 12.8. The molecule has 1 aromatic carbocycles. The first-order valence-electron chi connectivity index (χ1n) is 6.88. The van der Waals surface area contributed by atoms with Crippen LogP contribution >= 0.6 is 0 Å². The van der Waals surface area contributed by atoms with Gasteiger partial charge in [-0.3, -0.25) is 0 Å². The monoisotopic (exact) mass is 277 g/mol. The number of aliphatic carboxylic acids is 1. The van der Waals surface area contributed by atoms with Gasteiger partial charge in [0.2, 0.25) is 0 Å².